The second-order valence-electron chi connectivity index (χ2n) is 4.17. The number of anilines is 2. The van der Waals surface area contributed by atoms with Gasteiger partial charge in [-0.15, -0.1) is 0 Å². The van der Waals surface area contributed by atoms with Crippen molar-refractivity contribution >= 4 is 23.4 Å². The molecule has 0 saturated heterocycles. The smallest absolute Gasteiger partial charge is 0.191 e. The third-order valence-corrected chi connectivity index (χ3v) is 3.54. The van der Waals surface area contributed by atoms with Crippen LogP contribution in [0, 0.1) is 0 Å². The Morgan fingerprint density at radius 3 is 2.56 bits per heavy atom. The normalized spacial score (nSPS) is 12.3. The molecule has 1 aromatic rings. The summed E-state index contributed by atoms with van der Waals surface area (Å²) in [6.45, 7) is 10.5. The minimum absolute atomic E-state index is 0.495. The van der Waals surface area contributed by atoms with Gasteiger partial charge in [0.2, 0.25) is 0 Å². The third-order valence-electron chi connectivity index (χ3n) is 2.99. The van der Waals surface area contributed by atoms with Gasteiger partial charge in [0.25, 0.3) is 0 Å². The highest BCUT2D eigenvalue weighted by Crippen LogP contribution is 2.22. The van der Waals surface area contributed by atoms with Crippen molar-refractivity contribution in [1.29, 1.82) is 0 Å². The van der Waals surface area contributed by atoms with Crippen molar-refractivity contribution in [3.05, 3.63) is 6.07 Å². The van der Waals surface area contributed by atoms with E-state index >= 15 is 0 Å². The molecule has 1 rings (SSSR count). The van der Waals surface area contributed by atoms with Crippen LogP contribution in [0.1, 0.15) is 34.1 Å². The molecule has 1 unspecified atom stereocenters. The Morgan fingerprint density at radius 1 is 1.33 bits per heavy atom. The number of aromatic nitrogens is 2. The lowest BCUT2D eigenvalue weighted by Crippen LogP contribution is -2.33. The molecule has 0 bridgehead atoms. The maximum atomic E-state index is 4.61. The highest BCUT2D eigenvalue weighted by Gasteiger charge is 2.14. The van der Waals surface area contributed by atoms with Crippen LogP contribution in [0.2, 0.25) is 0 Å². The second-order valence-corrected chi connectivity index (χ2v) is 4.95. The van der Waals surface area contributed by atoms with E-state index in [4.69, 9.17) is 0 Å². The summed E-state index contributed by atoms with van der Waals surface area (Å²) < 4.78 is 0. The molecule has 1 atom stereocenters. The van der Waals surface area contributed by atoms with Crippen molar-refractivity contribution in [2.75, 3.05) is 29.6 Å². The third kappa shape index (κ3) is 3.77. The molecule has 1 aromatic heterocycles. The van der Waals surface area contributed by atoms with Crippen LogP contribution in [-0.4, -0.2) is 35.4 Å². The van der Waals surface area contributed by atoms with Gasteiger partial charge < -0.3 is 10.2 Å². The summed E-state index contributed by atoms with van der Waals surface area (Å²) in [4.78, 5) is 11.4. The molecule has 18 heavy (non-hydrogen) atoms. The summed E-state index contributed by atoms with van der Waals surface area (Å²) in [5, 5.41) is 4.09. The standard InChI is InChI=1S/C13H24N4S/c1-6-10(4)17(8-3)12-9-11(14-7-2)15-13(16-12)18-5/h9-10H,6-8H2,1-5H3,(H,14,15,16). The van der Waals surface area contributed by atoms with Crippen molar-refractivity contribution in [2.24, 2.45) is 0 Å². The first-order valence-corrected chi connectivity index (χ1v) is 7.82. The van der Waals surface area contributed by atoms with Gasteiger partial charge in [0.1, 0.15) is 11.6 Å². The summed E-state index contributed by atoms with van der Waals surface area (Å²) in [6, 6.07) is 2.54. The molecule has 0 fully saturated rings. The minimum atomic E-state index is 0.495. The van der Waals surface area contributed by atoms with Crippen LogP contribution in [0.15, 0.2) is 11.2 Å². The fourth-order valence-electron chi connectivity index (χ4n) is 1.84. The average Bonchev–Trinajstić information content (AvgIpc) is 2.39. The number of rotatable bonds is 7. The lowest BCUT2D eigenvalue weighted by atomic mass is 10.2. The van der Waals surface area contributed by atoms with Gasteiger partial charge in [-0.25, -0.2) is 9.97 Å². The van der Waals surface area contributed by atoms with E-state index in [9.17, 15) is 0 Å². The molecule has 0 radical (unpaired) electrons. The molecule has 0 amide bonds. The maximum absolute atomic E-state index is 4.61. The zero-order chi connectivity index (χ0) is 13.5. The van der Waals surface area contributed by atoms with Gasteiger partial charge in [-0.1, -0.05) is 18.7 Å². The summed E-state index contributed by atoms with van der Waals surface area (Å²) in [5.74, 6) is 1.93. The molecule has 0 aromatic carbocycles. The van der Waals surface area contributed by atoms with E-state index in [2.05, 4.69) is 47.9 Å². The van der Waals surface area contributed by atoms with Crippen molar-refractivity contribution in [3.63, 3.8) is 0 Å². The van der Waals surface area contributed by atoms with Gasteiger partial charge in [-0.3, -0.25) is 0 Å². The molecule has 0 saturated carbocycles. The first-order chi connectivity index (χ1) is 8.65. The van der Waals surface area contributed by atoms with Crippen LogP contribution in [0.4, 0.5) is 11.6 Å². The first kappa shape index (κ1) is 15.1. The van der Waals surface area contributed by atoms with E-state index in [1.807, 2.05) is 12.3 Å². The largest absolute Gasteiger partial charge is 0.370 e. The summed E-state index contributed by atoms with van der Waals surface area (Å²) >= 11 is 1.58. The van der Waals surface area contributed by atoms with E-state index < -0.39 is 0 Å². The van der Waals surface area contributed by atoms with E-state index in [-0.39, 0.29) is 0 Å². The Balaban J connectivity index is 3.08. The molecule has 0 aliphatic heterocycles. The second kappa shape index (κ2) is 7.46. The zero-order valence-corrected chi connectivity index (χ0v) is 12.8. The van der Waals surface area contributed by atoms with Crippen molar-refractivity contribution in [3.8, 4) is 0 Å². The molecule has 102 valence electrons. The highest BCUT2D eigenvalue weighted by atomic mass is 32.2. The summed E-state index contributed by atoms with van der Waals surface area (Å²) in [6.07, 6.45) is 3.12. The lowest BCUT2D eigenvalue weighted by Gasteiger charge is -2.28. The Hall–Kier alpha value is -0.970. The van der Waals surface area contributed by atoms with Crippen LogP contribution < -0.4 is 10.2 Å². The van der Waals surface area contributed by atoms with Crippen LogP contribution in [0.25, 0.3) is 0 Å². The van der Waals surface area contributed by atoms with E-state index in [0.717, 1.165) is 36.3 Å². The Labute approximate surface area is 115 Å². The van der Waals surface area contributed by atoms with Crippen molar-refractivity contribution in [2.45, 2.75) is 45.3 Å². The molecule has 1 N–H and O–H groups in total. The average molecular weight is 268 g/mol. The molecule has 1 heterocycles. The molecular weight excluding hydrogens is 244 g/mol. The quantitative estimate of drug-likeness (QED) is 0.607. The van der Waals surface area contributed by atoms with Gasteiger partial charge in [0.15, 0.2) is 5.16 Å². The van der Waals surface area contributed by atoms with Crippen LogP contribution >= 0.6 is 11.8 Å². The predicted octanol–water partition coefficient (Wildman–Crippen LogP) is 3.26. The first-order valence-electron chi connectivity index (χ1n) is 6.59. The Bertz CT molecular complexity index is 370. The molecule has 0 aliphatic carbocycles. The summed E-state index contributed by atoms with van der Waals surface area (Å²) in [5.41, 5.74) is 0. The molecule has 0 spiro atoms. The van der Waals surface area contributed by atoms with Gasteiger partial charge in [-0.05, 0) is 33.4 Å². The van der Waals surface area contributed by atoms with Gasteiger partial charge >= 0.3 is 0 Å². The molecular formula is C13H24N4S. The molecule has 4 nitrogen and oxygen atoms in total. The topological polar surface area (TPSA) is 41.0 Å². The van der Waals surface area contributed by atoms with Crippen molar-refractivity contribution in [1.82, 2.24) is 9.97 Å². The van der Waals surface area contributed by atoms with Gasteiger partial charge in [0.05, 0.1) is 0 Å². The fraction of sp³-hybridized carbons (Fsp3) is 0.692. The monoisotopic (exact) mass is 268 g/mol. The highest BCUT2D eigenvalue weighted by molar-refractivity contribution is 7.98. The number of hydrogen-bond donors (Lipinski definition) is 1. The number of thioether (sulfide) groups is 1. The number of nitrogens with zero attached hydrogens (tertiary/aromatic N) is 3. The van der Waals surface area contributed by atoms with Gasteiger partial charge in [0, 0.05) is 25.2 Å². The fourth-order valence-corrected chi connectivity index (χ4v) is 2.22. The Morgan fingerprint density at radius 2 is 2.06 bits per heavy atom. The van der Waals surface area contributed by atoms with Crippen LogP contribution in [-0.2, 0) is 0 Å². The zero-order valence-electron chi connectivity index (χ0n) is 12.0. The van der Waals surface area contributed by atoms with Gasteiger partial charge in [-0.2, -0.15) is 0 Å². The Kier molecular flexibility index (Phi) is 6.25. The van der Waals surface area contributed by atoms with E-state index in [1.54, 1.807) is 11.8 Å². The number of nitrogens with one attached hydrogen (secondary N) is 1. The van der Waals surface area contributed by atoms with Crippen molar-refractivity contribution < 1.29 is 0 Å². The number of hydrogen-bond acceptors (Lipinski definition) is 5. The molecule has 0 aliphatic rings. The summed E-state index contributed by atoms with van der Waals surface area (Å²) in [7, 11) is 0. The SMILES string of the molecule is CCNc1cc(N(CC)C(C)CC)nc(SC)n1. The lowest BCUT2D eigenvalue weighted by molar-refractivity contribution is 0.619. The van der Waals surface area contributed by atoms with E-state index in [0.29, 0.717) is 6.04 Å². The van der Waals surface area contributed by atoms with Crippen LogP contribution in [0.5, 0.6) is 0 Å². The van der Waals surface area contributed by atoms with Crippen LogP contribution in [0.3, 0.4) is 0 Å². The minimum Gasteiger partial charge on any atom is -0.370 e. The molecule has 5 heteroatoms. The predicted molar refractivity (Wildman–Crippen MR) is 80.7 cm³/mol. The van der Waals surface area contributed by atoms with E-state index in [1.165, 1.54) is 0 Å². The maximum Gasteiger partial charge on any atom is 0.191 e.